The molecule has 4 nitrogen and oxygen atoms in total. The molecule has 1 aromatic heterocycles. The highest BCUT2D eigenvalue weighted by Crippen LogP contribution is 2.32. The van der Waals surface area contributed by atoms with Crippen LogP contribution >= 0.6 is 0 Å². The van der Waals surface area contributed by atoms with Crippen LogP contribution in [0.25, 0.3) is 22.2 Å². The number of hydrogen-bond donors (Lipinski definition) is 2. The molecule has 150 valence electrons. The first kappa shape index (κ1) is 18.7. The van der Waals surface area contributed by atoms with Gasteiger partial charge in [0, 0.05) is 30.6 Å². The van der Waals surface area contributed by atoms with E-state index in [-0.39, 0.29) is 6.61 Å². The van der Waals surface area contributed by atoms with Crippen LogP contribution in [0.1, 0.15) is 35.1 Å². The molecular weight excluding hydrogens is 360 g/mol. The van der Waals surface area contributed by atoms with Gasteiger partial charge in [-0.3, -0.25) is 4.90 Å². The second kappa shape index (κ2) is 7.21. The zero-order chi connectivity index (χ0) is 20.0. The molecule has 2 aromatic carbocycles. The smallest absolute Gasteiger partial charge is 0.102 e. The summed E-state index contributed by atoms with van der Waals surface area (Å²) in [6.45, 7) is 3.94. The van der Waals surface area contributed by atoms with Gasteiger partial charge in [-0.1, -0.05) is 23.8 Å². The van der Waals surface area contributed by atoms with E-state index in [1.165, 1.54) is 34.1 Å². The van der Waals surface area contributed by atoms with Crippen molar-refractivity contribution in [3.05, 3.63) is 64.7 Å². The lowest BCUT2D eigenvalue weighted by atomic mass is 9.99. The first-order valence-corrected chi connectivity index (χ1v) is 10.6. The number of pyridine rings is 1. The summed E-state index contributed by atoms with van der Waals surface area (Å²) in [5.41, 5.74) is 7.57. The minimum absolute atomic E-state index is 0.184. The van der Waals surface area contributed by atoms with E-state index in [9.17, 15) is 10.2 Å². The van der Waals surface area contributed by atoms with Crippen LogP contribution in [0, 0.1) is 6.92 Å². The average molecular weight is 389 g/mol. The summed E-state index contributed by atoms with van der Waals surface area (Å²) in [4.78, 5) is 7.35. The van der Waals surface area contributed by atoms with E-state index in [1.807, 2.05) is 0 Å². The van der Waals surface area contributed by atoms with E-state index in [4.69, 9.17) is 4.98 Å². The third-order valence-electron chi connectivity index (χ3n) is 6.50. The van der Waals surface area contributed by atoms with Crippen molar-refractivity contribution in [2.75, 3.05) is 19.7 Å². The standard InChI is InChI=1S/C25H28N2O2/c1-17-4-2-7-20(10-17)24-22(14-27-9-8-25(29,15-27)16-28)12-21-11-18-5-3-6-19(18)13-23(21)26-24/h2,4,7,10-13,28-29H,3,5-6,8-9,14-16H2,1H3/t25-/m1/s1. The number of rotatable bonds is 4. The molecule has 2 aliphatic rings. The molecule has 3 aromatic rings. The summed E-state index contributed by atoms with van der Waals surface area (Å²) in [6, 6.07) is 15.4. The van der Waals surface area contributed by atoms with Gasteiger partial charge in [-0.15, -0.1) is 0 Å². The van der Waals surface area contributed by atoms with Crippen LogP contribution in [0.3, 0.4) is 0 Å². The highest BCUT2D eigenvalue weighted by atomic mass is 16.3. The van der Waals surface area contributed by atoms with Crippen molar-refractivity contribution in [2.24, 2.45) is 0 Å². The summed E-state index contributed by atoms with van der Waals surface area (Å²) in [7, 11) is 0. The lowest BCUT2D eigenvalue weighted by Gasteiger charge is -2.22. The maximum Gasteiger partial charge on any atom is 0.102 e. The lowest BCUT2D eigenvalue weighted by Crippen LogP contribution is -2.36. The third-order valence-corrected chi connectivity index (χ3v) is 6.50. The maximum absolute atomic E-state index is 10.4. The highest BCUT2D eigenvalue weighted by Gasteiger charge is 2.35. The van der Waals surface area contributed by atoms with Gasteiger partial charge in [0.25, 0.3) is 0 Å². The van der Waals surface area contributed by atoms with E-state index >= 15 is 0 Å². The fourth-order valence-electron chi connectivity index (χ4n) is 4.90. The molecule has 5 rings (SSSR count). The first-order chi connectivity index (χ1) is 14.0. The number of aliphatic hydroxyl groups is 2. The molecule has 0 radical (unpaired) electrons. The molecule has 1 aliphatic carbocycles. The van der Waals surface area contributed by atoms with Gasteiger partial charge in [0.1, 0.15) is 5.60 Å². The monoisotopic (exact) mass is 388 g/mol. The first-order valence-electron chi connectivity index (χ1n) is 10.6. The number of aliphatic hydroxyl groups excluding tert-OH is 1. The van der Waals surface area contributed by atoms with Gasteiger partial charge >= 0.3 is 0 Å². The quantitative estimate of drug-likeness (QED) is 0.717. The Labute approximate surface area is 171 Å². The Balaban J connectivity index is 1.60. The molecule has 0 unspecified atom stereocenters. The largest absolute Gasteiger partial charge is 0.393 e. The van der Waals surface area contributed by atoms with Gasteiger partial charge in [0.2, 0.25) is 0 Å². The third kappa shape index (κ3) is 3.57. The number of β-amino-alcohol motifs (C(OH)–C–C–N with tert-alkyl or cyclic N) is 1. The minimum Gasteiger partial charge on any atom is -0.393 e. The van der Waals surface area contributed by atoms with Crippen molar-refractivity contribution in [3.8, 4) is 11.3 Å². The van der Waals surface area contributed by atoms with Gasteiger partial charge in [-0.05, 0) is 73.6 Å². The summed E-state index contributed by atoms with van der Waals surface area (Å²) in [6.07, 6.45) is 4.16. The van der Waals surface area contributed by atoms with Gasteiger partial charge < -0.3 is 10.2 Å². The Kier molecular flexibility index (Phi) is 4.66. The van der Waals surface area contributed by atoms with Crippen LogP contribution < -0.4 is 0 Å². The van der Waals surface area contributed by atoms with Crippen molar-refractivity contribution in [1.29, 1.82) is 0 Å². The lowest BCUT2D eigenvalue weighted by molar-refractivity contribution is -0.00579. The van der Waals surface area contributed by atoms with Crippen LogP contribution in [0.4, 0.5) is 0 Å². The summed E-state index contributed by atoms with van der Waals surface area (Å²) >= 11 is 0. The zero-order valence-corrected chi connectivity index (χ0v) is 17.0. The van der Waals surface area contributed by atoms with Crippen molar-refractivity contribution >= 4 is 10.9 Å². The molecule has 2 heterocycles. The molecule has 0 saturated carbocycles. The summed E-state index contributed by atoms with van der Waals surface area (Å²) in [5, 5.41) is 21.2. The summed E-state index contributed by atoms with van der Waals surface area (Å²) < 4.78 is 0. The number of aryl methyl sites for hydroxylation is 3. The SMILES string of the molecule is Cc1cccc(-c2nc3cc4c(cc3cc2CN2CC[C@](O)(CO)C2)CCC4)c1. The number of fused-ring (bicyclic) bond motifs is 2. The number of benzene rings is 2. The maximum atomic E-state index is 10.4. The van der Waals surface area contributed by atoms with Gasteiger partial charge in [-0.25, -0.2) is 4.98 Å². The molecule has 1 fully saturated rings. The van der Waals surface area contributed by atoms with Crippen molar-refractivity contribution in [3.63, 3.8) is 0 Å². The minimum atomic E-state index is -0.978. The van der Waals surface area contributed by atoms with Crippen LogP contribution in [0.5, 0.6) is 0 Å². The average Bonchev–Trinajstić information content (AvgIpc) is 3.32. The molecule has 1 aliphatic heterocycles. The number of hydrogen-bond acceptors (Lipinski definition) is 4. The van der Waals surface area contributed by atoms with Gasteiger partial charge in [0.05, 0.1) is 17.8 Å². The topological polar surface area (TPSA) is 56.6 Å². The predicted molar refractivity (Wildman–Crippen MR) is 116 cm³/mol. The van der Waals surface area contributed by atoms with Crippen molar-refractivity contribution in [1.82, 2.24) is 9.88 Å². The van der Waals surface area contributed by atoms with E-state index in [0.717, 1.165) is 42.7 Å². The van der Waals surface area contributed by atoms with Crippen LogP contribution in [0.15, 0.2) is 42.5 Å². The van der Waals surface area contributed by atoms with E-state index in [1.54, 1.807) is 0 Å². The van der Waals surface area contributed by atoms with Crippen LogP contribution in [-0.4, -0.2) is 45.4 Å². The second-order valence-corrected chi connectivity index (χ2v) is 8.88. The molecule has 0 spiro atoms. The van der Waals surface area contributed by atoms with E-state index in [0.29, 0.717) is 13.0 Å². The fraction of sp³-hybridized carbons (Fsp3) is 0.400. The van der Waals surface area contributed by atoms with Crippen molar-refractivity contribution in [2.45, 2.75) is 44.8 Å². The van der Waals surface area contributed by atoms with Crippen LogP contribution in [0.2, 0.25) is 0 Å². The van der Waals surface area contributed by atoms with Gasteiger partial charge in [-0.2, -0.15) is 0 Å². The molecule has 2 N–H and O–H groups in total. The highest BCUT2D eigenvalue weighted by molar-refractivity contribution is 5.85. The molecular formula is C25H28N2O2. The number of nitrogens with zero attached hydrogens (tertiary/aromatic N) is 2. The molecule has 0 bridgehead atoms. The Morgan fingerprint density at radius 1 is 1.10 bits per heavy atom. The Morgan fingerprint density at radius 3 is 2.69 bits per heavy atom. The van der Waals surface area contributed by atoms with E-state index in [2.05, 4.69) is 54.3 Å². The van der Waals surface area contributed by atoms with Gasteiger partial charge in [0.15, 0.2) is 0 Å². The normalized spacial score (nSPS) is 21.8. The Bertz CT molecular complexity index is 1080. The number of likely N-dealkylation sites (tertiary alicyclic amines) is 1. The van der Waals surface area contributed by atoms with E-state index < -0.39 is 5.60 Å². The van der Waals surface area contributed by atoms with Crippen LogP contribution in [-0.2, 0) is 19.4 Å². The fourth-order valence-corrected chi connectivity index (χ4v) is 4.90. The summed E-state index contributed by atoms with van der Waals surface area (Å²) in [5.74, 6) is 0. The predicted octanol–water partition coefficient (Wildman–Crippen LogP) is 3.63. The Morgan fingerprint density at radius 2 is 1.93 bits per heavy atom. The molecule has 0 amide bonds. The molecule has 1 saturated heterocycles. The second-order valence-electron chi connectivity index (χ2n) is 8.88. The zero-order valence-electron chi connectivity index (χ0n) is 17.0. The Hall–Kier alpha value is -2.27. The molecule has 29 heavy (non-hydrogen) atoms. The van der Waals surface area contributed by atoms with Crippen molar-refractivity contribution < 1.29 is 10.2 Å². The number of aromatic nitrogens is 1. The molecule has 1 atom stereocenters. The molecule has 4 heteroatoms.